The summed E-state index contributed by atoms with van der Waals surface area (Å²) in [7, 11) is 3.58. The number of hydrogen-bond donors (Lipinski definition) is 2. The van der Waals surface area contributed by atoms with Crippen LogP contribution in [0.3, 0.4) is 0 Å². The highest BCUT2D eigenvalue weighted by Crippen LogP contribution is 2.46. The van der Waals surface area contributed by atoms with Crippen molar-refractivity contribution in [3.05, 3.63) is 0 Å². The average molecular weight is 442 g/mol. The average Bonchev–Trinajstić information content (AvgIpc) is 2.97. The summed E-state index contributed by atoms with van der Waals surface area (Å²) in [5, 5.41) is 19.9. The van der Waals surface area contributed by atoms with E-state index in [4.69, 9.17) is 48.4 Å². The Morgan fingerprint density at radius 2 is 1.50 bits per heavy atom. The van der Waals surface area contributed by atoms with E-state index in [1.807, 2.05) is 0 Å². The molecule has 0 spiro atoms. The molecule has 2 heterocycles. The van der Waals surface area contributed by atoms with Gasteiger partial charge in [-0.1, -0.05) is 0 Å². The van der Waals surface area contributed by atoms with Crippen LogP contribution in [0.15, 0.2) is 0 Å². The van der Waals surface area contributed by atoms with Crippen molar-refractivity contribution in [2.24, 2.45) is 0 Å². The molecule has 2 aliphatic rings. The molecule has 0 amide bonds. The topological polar surface area (TPSA) is 176 Å². The largest absolute Gasteiger partial charge is 0.756 e. The Bertz CT molecular complexity index is 619. The van der Waals surface area contributed by atoms with E-state index in [1.54, 1.807) is 0 Å². The number of rotatable bonds is 9. The molecule has 2 fully saturated rings. The monoisotopic (exact) mass is 442 g/mol. The fourth-order valence-corrected chi connectivity index (χ4v) is 4.48. The van der Waals surface area contributed by atoms with Gasteiger partial charge in [-0.25, -0.2) is 4.57 Å². The minimum atomic E-state index is -5.01. The van der Waals surface area contributed by atoms with E-state index in [0.717, 1.165) is 6.66 Å². The van der Waals surface area contributed by atoms with Crippen LogP contribution in [-0.2, 0) is 36.9 Å². The molecule has 0 saturated carbocycles. The first-order valence-electron chi connectivity index (χ1n) is 8.17. The molecule has 2 aliphatic heterocycles. The first-order valence-corrected chi connectivity index (χ1v) is 11.7. The molecule has 0 aromatic carbocycles. The summed E-state index contributed by atoms with van der Waals surface area (Å²) in [6, 6.07) is -2.43. The lowest BCUT2D eigenvalue weighted by Crippen LogP contribution is -2.39. The zero-order valence-electron chi connectivity index (χ0n) is 15.2. The molecule has 10 atom stereocenters. The Morgan fingerprint density at radius 3 is 1.96 bits per heavy atom. The normalized spacial score (nSPS) is 42.9. The van der Waals surface area contributed by atoms with Gasteiger partial charge in [-0.05, 0) is 0 Å². The molecule has 0 aromatic rings. The zero-order chi connectivity index (χ0) is 21.3. The molecule has 4 N–H and O–H groups in total. The van der Waals surface area contributed by atoms with Crippen LogP contribution in [0, 0.1) is 0 Å². The lowest BCUT2D eigenvalue weighted by Gasteiger charge is -2.30. The number of ether oxygens (including phenoxy) is 3. The Labute approximate surface area is 164 Å². The van der Waals surface area contributed by atoms with Crippen LogP contribution in [0.1, 0.15) is 0 Å². The first-order chi connectivity index (χ1) is 12.8. The van der Waals surface area contributed by atoms with E-state index < -0.39 is 70.7 Å². The maximum Gasteiger partial charge on any atom is 0.470 e. The standard InChI is InChI=1S/C12H22B2O12P2/c1-21-3-5-10(8(16)12(14)23-5)26-28(19,20)22-4-6-9(25-27(2,17)18)7(15)11(13)24-6/h5-12,15-16H,3-4H2,1-2H3,(H,17,18)(H,19,20)/t5-,6-,7+,8+,9?,10?,11-,12-/m1/s1. The second-order valence-corrected chi connectivity index (χ2v) is 9.71. The number of hydrogen-bond acceptors (Lipinski definition) is 11. The summed E-state index contributed by atoms with van der Waals surface area (Å²) in [6.45, 7) is 0.192. The third-order valence-electron chi connectivity index (χ3n) is 4.04. The van der Waals surface area contributed by atoms with Gasteiger partial charge in [-0.2, -0.15) is 0 Å². The summed E-state index contributed by atoms with van der Waals surface area (Å²) in [5.41, 5.74) is 0. The van der Waals surface area contributed by atoms with Crippen LogP contribution in [0.2, 0.25) is 0 Å². The number of phosphoric acid groups is 1. The molecule has 0 aromatic heterocycles. The summed E-state index contributed by atoms with van der Waals surface area (Å²) >= 11 is 0. The van der Waals surface area contributed by atoms with Crippen LogP contribution in [0.5, 0.6) is 0 Å². The molecule has 0 bridgehead atoms. The van der Waals surface area contributed by atoms with Crippen LogP contribution < -0.4 is 4.89 Å². The lowest BCUT2D eigenvalue weighted by molar-refractivity contribution is -0.236. The molecular weight excluding hydrogens is 420 g/mol. The van der Waals surface area contributed by atoms with E-state index >= 15 is 0 Å². The van der Waals surface area contributed by atoms with Gasteiger partial charge in [0, 0.05) is 19.1 Å². The van der Waals surface area contributed by atoms with Gasteiger partial charge in [0.2, 0.25) is 0 Å². The number of aliphatic hydroxyl groups excluding tert-OH is 2. The van der Waals surface area contributed by atoms with Crippen molar-refractivity contribution in [3.63, 3.8) is 0 Å². The van der Waals surface area contributed by atoms with Crippen molar-refractivity contribution in [2.75, 3.05) is 27.0 Å². The van der Waals surface area contributed by atoms with Gasteiger partial charge in [0.15, 0.2) is 0 Å². The van der Waals surface area contributed by atoms with Gasteiger partial charge < -0.3 is 43.3 Å². The predicted octanol–water partition coefficient (Wildman–Crippen LogP) is -3.06. The highest BCUT2D eigenvalue weighted by Gasteiger charge is 2.47. The van der Waals surface area contributed by atoms with Crippen molar-refractivity contribution in [3.8, 4) is 0 Å². The van der Waals surface area contributed by atoms with Crippen molar-refractivity contribution < 1.29 is 56.9 Å². The third-order valence-corrected chi connectivity index (χ3v) is 5.66. The van der Waals surface area contributed by atoms with E-state index in [2.05, 4.69) is 0 Å². The molecule has 158 valence electrons. The maximum absolute atomic E-state index is 12.2. The Hall–Kier alpha value is 0.190. The molecule has 28 heavy (non-hydrogen) atoms. The second-order valence-electron chi connectivity index (χ2n) is 6.44. The molecule has 2 rings (SSSR count). The SMILES string of the molecule is [B][C@@H]1O[C@H](COP(=O)([O-])OC2[C@@H](COC)O[C@@H]([B])[C@H]2O)C(OP(C)(=O)[OH2+])[C@@H]1O. The van der Waals surface area contributed by atoms with Gasteiger partial charge in [-0.15, -0.1) is 0 Å². The minimum Gasteiger partial charge on any atom is -0.756 e. The highest BCUT2D eigenvalue weighted by atomic mass is 31.2. The zero-order valence-corrected chi connectivity index (χ0v) is 16.9. The maximum atomic E-state index is 12.2. The summed E-state index contributed by atoms with van der Waals surface area (Å²) < 4.78 is 53.4. The summed E-state index contributed by atoms with van der Waals surface area (Å²) in [6.07, 6.45) is -7.81. The Kier molecular flexibility index (Phi) is 8.34. The first kappa shape index (κ1) is 24.5. The number of methoxy groups -OCH3 is 1. The van der Waals surface area contributed by atoms with Gasteiger partial charge in [-0.3, -0.25) is 9.09 Å². The lowest BCUT2D eigenvalue weighted by atomic mass is 9.93. The van der Waals surface area contributed by atoms with E-state index in [-0.39, 0.29) is 6.61 Å². The molecule has 16 heteroatoms. The fourth-order valence-electron chi connectivity index (χ4n) is 2.80. The van der Waals surface area contributed by atoms with Crippen LogP contribution >= 0.6 is 15.4 Å². The quantitative estimate of drug-likeness (QED) is 0.211. The fraction of sp³-hybridized carbons (Fsp3) is 1.00. The third kappa shape index (κ3) is 6.34. The van der Waals surface area contributed by atoms with Crippen molar-refractivity contribution in [2.45, 2.75) is 48.6 Å². The van der Waals surface area contributed by atoms with Crippen LogP contribution in [0.4, 0.5) is 0 Å². The molecule has 4 radical (unpaired) electrons. The minimum absolute atomic E-state index is 0.0899. The molecule has 4 unspecified atom stereocenters. The van der Waals surface area contributed by atoms with Crippen molar-refractivity contribution >= 4 is 31.1 Å². The Balaban J connectivity index is 1.99. The van der Waals surface area contributed by atoms with E-state index in [0.29, 0.717) is 0 Å². The smallest absolute Gasteiger partial charge is 0.470 e. The Morgan fingerprint density at radius 1 is 1.04 bits per heavy atom. The molecule has 2 saturated heterocycles. The molecular formula is C12H22B2O12P2. The van der Waals surface area contributed by atoms with E-state index in [1.165, 1.54) is 7.11 Å². The predicted molar refractivity (Wildman–Crippen MR) is 93.2 cm³/mol. The summed E-state index contributed by atoms with van der Waals surface area (Å²) in [5.74, 6) is 0. The van der Waals surface area contributed by atoms with Gasteiger partial charge in [0.25, 0.3) is 7.82 Å². The molecule has 0 aliphatic carbocycles. The van der Waals surface area contributed by atoms with Crippen molar-refractivity contribution in [1.82, 2.24) is 0 Å². The number of phosphoric ester groups is 1. The van der Waals surface area contributed by atoms with Gasteiger partial charge in [0.05, 0.1) is 19.9 Å². The van der Waals surface area contributed by atoms with Crippen LogP contribution in [0.25, 0.3) is 0 Å². The number of aliphatic hydroxyl groups is 2. The van der Waals surface area contributed by atoms with Crippen molar-refractivity contribution in [1.29, 1.82) is 0 Å². The van der Waals surface area contributed by atoms with Gasteiger partial charge >= 0.3 is 7.60 Å². The van der Waals surface area contributed by atoms with Gasteiger partial charge in [0.1, 0.15) is 52.3 Å². The second kappa shape index (κ2) is 9.55. The van der Waals surface area contributed by atoms with Crippen LogP contribution in [-0.4, -0.2) is 106 Å². The summed E-state index contributed by atoms with van der Waals surface area (Å²) in [4.78, 5) is 19.5. The highest BCUT2D eigenvalue weighted by molar-refractivity contribution is 7.51. The molecule has 12 nitrogen and oxygen atoms in total. The van der Waals surface area contributed by atoms with E-state index in [9.17, 15) is 24.2 Å².